The average Bonchev–Trinajstić information content (AvgIpc) is 3.44. The number of ketones is 1. The molecule has 30 heavy (non-hydrogen) atoms. The third-order valence-corrected chi connectivity index (χ3v) is 6.99. The highest BCUT2D eigenvalue weighted by Gasteiger charge is 2.63. The number of hydrogen-bond acceptors (Lipinski definition) is 5. The van der Waals surface area contributed by atoms with Crippen molar-refractivity contribution in [2.24, 2.45) is 5.41 Å². The van der Waals surface area contributed by atoms with Crippen molar-refractivity contribution in [3.05, 3.63) is 94.2 Å². The lowest BCUT2D eigenvalue weighted by Crippen LogP contribution is -2.44. The van der Waals surface area contributed by atoms with Gasteiger partial charge in [-0.3, -0.25) is 4.79 Å². The molecule has 2 aliphatic rings. The fourth-order valence-electron chi connectivity index (χ4n) is 4.83. The molecule has 2 aliphatic heterocycles. The lowest BCUT2D eigenvalue weighted by atomic mass is 9.69. The van der Waals surface area contributed by atoms with Crippen LogP contribution in [0.15, 0.2) is 78.2 Å². The number of fused-ring (bicyclic) bond motifs is 3. The van der Waals surface area contributed by atoms with E-state index in [-0.39, 0.29) is 5.78 Å². The van der Waals surface area contributed by atoms with Gasteiger partial charge in [-0.25, -0.2) is 0 Å². The van der Waals surface area contributed by atoms with Gasteiger partial charge in [-0.1, -0.05) is 66.7 Å². The zero-order valence-electron chi connectivity index (χ0n) is 16.0. The van der Waals surface area contributed by atoms with Crippen molar-refractivity contribution < 1.29 is 4.79 Å². The van der Waals surface area contributed by atoms with Crippen molar-refractivity contribution in [3.63, 3.8) is 0 Å². The van der Waals surface area contributed by atoms with Crippen LogP contribution in [0.25, 0.3) is 6.08 Å². The highest BCUT2D eigenvalue weighted by molar-refractivity contribution is 7.12. The summed E-state index contributed by atoms with van der Waals surface area (Å²) in [6, 6.07) is 24.5. The van der Waals surface area contributed by atoms with Gasteiger partial charge < -0.3 is 4.90 Å². The van der Waals surface area contributed by atoms with Gasteiger partial charge in [0.15, 0.2) is 11.2 Å². The number of nitrogens with zero attached hydrogens (tertiary/aromatic N) is 3. The first-order valence-electron chi connectivity index (χ1n) is 9.72. The summed E-state index contributed by atoms with van der Waals surface area (Å²) in [4.78, 5) is 16.4. The average molecular weight is 407 g/mol. The van der Waals surface area contributed by atoms with Gasteiger partial charge in [0.25, 0.3) is 0 Å². The SMILES string of the molecule is N#CC1(C#N)[C@@H]2C=Cc3ccccc3N2[C@@H](C(=O)c2cccs2)[C@@H]1c1ccccc1. The predicted molar refractivity (Wildman–Crippen MR) is 117 cm³/mol. The van der Waals surface area contributed by atoms with Gasteiger partial charge in [0.1, 0.15) is 6.04 Å². The van der Waals surface area contributed by atoms with Gasteiger partial charge >= 0.3 is 0 Å². The maximum atomic E-state index is 13.8. The fraction of sp³-hybridized carbons (Fsp3) is 0.160. The Morgan fingerprint density at radius 1 is 0.967 bits per heavy atom. The fourth-order valence-corrected chi connectivity index (χ4v) is 5.53. The van der Waals surface area contributed by atoms with E-state index in [0.29, 0.717) is 4.88 Å². The molecular weight excluding hydrogens is 390 g/mol. The van der Waals surface area contributed by atoms with E-state index in [2.05, 4.69) is 12.1 Å². The molecule has 5 heteroatoms. The molecule has 3 atom stereocenters. The molecule has 0 spiro atoms. The van der Waals surface area contributed by atoms with Crippen molar-refractivity contribution in [2.75, 3.05) is 4.90 Å². The van der Waals surface area contributed by atoms with Crippen LogP contribution in [0.5, 0.6) is 0 Å². The van der Waals surface area contributed by atoms with Crippen LogP contribution >= 0.6 is 11.3 Å². The van der Waals surface area contributed by atoms with Crippen LogP contribution in [-0.2, 0) is 0 Å². The van der Waals surface area contributed by atoms with E-state index in [4.69, 9.17) is 0 Å². The van der Waals surface area contributed by atoms with Gasteiger partial charge in [0, 0.05) is 11.6 Å². The maximum absolute atomic E-state index is 13.8. The van der Waals surface area contributed by atoms with Crippen molar-refractivity contribution >= 4 is 28.9 Å². The summed E-state index contributed by atoms with van der Waals surface area (Å²) < 4.78 is 0. The second-order valence-corrected chi connectivity index (χ2v) is 8.49. The number of rotatable bonds is 3. The first-order chi connectivity index (χ1) is 14.7. The van der Waals surface area contributed by atoms with E-state index in [1.165, 1.54) is 11.3 Å². The molecule has 2 aromatic carbocycles. The third kappa shape index (κ3) is 2.46. The molecule has 0 aliphatic carbocycles. The van der Waals surface area contributed by atoms with Gasteiger partial charge in [-0.05, 0) is 28.6 Å². The molecule has 0 bridgehead atoms. The minimum Gasteiger partial charge on any atom is -0.351 e. The monoisotopic (exact) mass is 407 g/mol. The highest BCUT2D eigenvalue weighted by Crippen LogP contribution is 2.55. The molecule has 0 radical (unpaired) electrons. The standard InChI is InChI=1S/C25H17N3OS/c26-15-25(16-27)21-13-12-17-7-4-5-10-19(17)28(21)23(24(29)20-11-6-14-30-20)22(25)18-8-2-1-3-9-18/h1-14,21-23H/t21-,22-,23+/m0/s1. The summed E-state index contributed by atoms with van der Waals surface area (Å²) in [5.41, 5.74) is 1.31. The number of benzene rings is 2. The predicted octanol–water partition coefficient (Wildman–Crippen LogP) is 5.03. The molecule has 3 heterocycles. The van der Waals surface area contributed by atoms with Crippen LogP contribution < -0.4 is 4.90 Å². The minimum absolute atomic E-state index is 0.0543. The number of carbonyl (C=O) groups is 1. The molecule has 0 saturated carbocycles. The minimum atomic E-state index is -1.39. The van der Waals surface area contributed by atoms with E-state index < -0.39 is 23.4 Å². The number of anilines is 1. The van der Waals surface area contributed by atoms with Gasteiger partial charge in [0.2, 0.25) is 0 Å². The van der Waals surface area contributed by atoms with Crippen LogP contribution in [0.2, 0.25) is 0 Å². The van der Waals surface area contributed by atoms with E-state index in [0.717, 1.165) is 16.8 Å². The first-order valence-corrected chi connectivity index (χ1v) is 10.6. The Balaban J connectivity index is 1.80. The maximum Gasteiger partial charge on any atom is 0.195 e. The second kappa shape index (κ2) is 6.99. The van der Waals surface area contributed by atoms with Crippen LogP contribution in [0.4, 0.5) is 5.69 Å². The Morgan fingerprint density at radius 2 is 1.70 bits per heavy atom. The molecular formula is C25H17N3OS. The van der Waals surface area contributed by atoms with E-state index >= 15 is 0 Å². The number of para-hydroxylation sites is 1. The molecule has 0 unspecified atom stereocenters. The Kier molecular flexibility index (Phi) is 4.28. The van der Waals surface area contributed by atoms with Gasteiger partial charge in [0.05, 0.1) is 23.1 Å². The molecule has 1 aromatic heterocycles. The number of carbonyl (C=O) groups excluding carboxylic acids is 1. The summed E-state index contributed by atoms with van der Waals surface area (Å²) in [6.45, 7) is 0. The van der Waals surface area contributed by atoms with E-state index in [9.17, 15) is 15.3 Å². The molecule has 1 saturated heterocycles. The molecule has 1 fully saturated rings. The van der Waals surface area contributed by atoms with E-state index in [1.54, 1.807) is 0 Å². The van der Waals surface area contributed by atoms with Gasteiger partial charge in [-0.15, -0.1) is 11.3 Å². The Morgan fingerprint density at radius 3 is 2.40 bits per heavy atom. The van der Waals surface area contributed by atoms with Crippen molar-refractivity contribution in [1.29, 1.82) is 10.5 Å². The molecule has 0 amide bonds. The van der Waals surface area contributed by atoms with Crippen molar-refractivity contribution in [3.8, 4) is 12.1 Å². The summed E-state index contributed by atoms with van der Waals surface area (Å²) in [5.74, 6) is -0.634. The molecule has 144 valence electrons. The third-order valence-electron chi connectivity index (χ3n) is 6.11. The number of Topliss-reactive ketones (excluding diaryl/α,β-unsaturated/α-hetero) is 1. The van der Waals surface area contributed by atoms with Crippen molar-refractivity contribution in [2.45, 2.75) is 18.0 Å². The smallest absolute Gasteiger partial charge is 0.195 e. The molecule has 3 aromatic rings. The molecule has 0 N–H and O–H groups in total. The number of thiophene rings is 1. The van der Waals surface area contributed by atoms with Crippen LogP contribution in [0, 0.1) is 28.1 Å². The van der Waals surface area contributed by atoms with Gasteiger partial charge in [-0.2, -0.15) is 10.5 Å². The zero-order valence-corrected chi connectivity index (χ0v) is 16.8. The van der Waals surface area contributed by atoms with E-state index in [1.807, 2.05) is 89.2 Å². The summed E-state index contributed by atoms with van der Waals surface area (Å²) in [6.07, 6.45) is 3.87. The normalized spacial score (nSPS) is 23.1. The zero-order chi connectivity index (χ0) is 20.7. The first kappa shape index (κ1) is 18.4. The Bertz CT molecular complexity index is 1200. The summed E-state index contributed by atoms with van der Waals surface area (Å²) in [7, 11) is 0. The number of hydrogen-bond donors (Lipinski definition) is 0. The lowest BCUT2D eigenvalue weighted by molar-refractivity contribution is 0.0955. The lowest BCUT2D eigenvalue weighted by Gasteiger charge is -2.35. The van der Waals surface area contributed by atoms with Crippen LogP contribution in [0.3, 0.4) is 0 Å². The largest absolute Gasteiger partial charge is 0.351 e. The summed E-state index contributed by atoms with van der Waals surface area (Å²) >= 11 is 1.39. The quantitative estimate of drug-likeness (QED) is 0.571. The topological polar surface area (TPSA) is 67.9 Å². The summed E-state index contributed by atoms with van der Waals surface area (Å²) in [5, 5.41) is 22.5. The van der Waals surface area contributed by atoms with Crippen LogP contribution in [-0.4, -0.2) is 17.9 Å². The number of nitriles is 2. The molecule has 4 nitrogen and oxygen atoms in total. The van der Waals surface area contributed by atoms with Crippen LogP contribution in [0.1, 0.15) is 26.7 Å². The van der Waals surface area contributed by atoms with Crippen molar-refractivity contribution in [1.82, 2.24) is 0 Å². The Labute approximate surface area is 178 Å². The highest BCUT2D eigenvalue weighted by atomic mass is 32.1. The molecule has 5 rings (SSSR count). The Hall–Kier alpha value is -3.67. The second-order valence-electron chi connectivity index (χ2n) is 7.54.